The Kier molecular flexibility index (Phi) is 3.62. The largest absolute Gasteiger partial charge is 0.494 e. The Hall–Kier alpha value is -2.30. The van der Waals surface area contributed by atoms with Crippen LogP contribution in [0.5, 0.6) is 5.75 Å². The van der Waals surface area contributed by atoms with Crippen LogP contribution in [-0.4, -0.2) is 27.7 Å². The highest BCUT2D eigenvalue weighted by molar-refractivity contribution is 5.70. The average molecular weight is 246 g/mol. The highest BCUT2D eigenvalue weighted by Crippen LogP contribution is 2.21. The number of hydrogen-bond acceptors (Lipinski definition) is 3. The molecule has 0 aliphatic rings. The van der Waals surface area contributed by atoms with E-state index in [1.807, 2.05) is 31.2 Å². The van der Waals surface area contributed by atoms with Crippen LogP contribution in [0.25, 0.3) is 11.4 Å². The molecule has 18 heavy (non-hydrogen) atoms. The fourth-order valence-electron chi connectivity index (χ4n) is 1.66. The Balaban J connectivity index is 2.22. The number of H-pyrrole nitrogens is 1. The fourth-order valence-corrected chi connectivity index (χ4v) is 1.66. The Morgan fingerprint density at radius 2 is 2.33 bits per heavy atom. The van der Waals surface area contributed by atoms with Crippen molar-refractivity contribution < 1.29 is 14.6 Å². The van der Waals surface area contributed by atoms with Gasteiger partial charge in [0.1, 0.15) is 11.6 Å². The molecule has 0 unspecified atom stereocenters. The first kappa shape index (κ1) is 12.2. The van der Waals surface area contributed by atoms with E-state index in [1.165, 1.54) is 6.20 Å². The van der Waals surface area contributed by atoms with Crippen molar-refractivity contribution >= 4 is 5.97 Å². The van der Waals surface area contributed by atoms with E-state index in [1.54, 1.807) is 0 Å². The first-order valence-corrected chi connectivity index (χ1v) is 5.68. The van der Waals surface area contributed by atoms with Gasteiger partial charge in [0.05, 0.1) is 13.0 Å². The molecule has 94 valence electrons. The van der Waals surface area contributed by atoms with Crippen LogP contribution in [0.2, 0.25) is 0 Å². The van der Waals surface area contributed by atoms with Crippen LogP contribution in [0.4, 0.5) is 0 Å². The summed E-state index contributed by atoms with van der Waals surface area (Å²) in [6.07, 6.45) is 1.48. The molecule has 0 radical (unpaired) electrons. The van der Waals surface area contributed by atoms with Gasteiger partial charge in [0.15, 0.2) is 0 Å². The Bertz CT molecular complexity index is 549. The van der Waals surface area contributed by atoms with E-state index in [-0.39, 0.29) is 6.42 Å². The lowest BCUT2D eigenvalue weighted by Crippen LogP contribution is -1.99. The molecule has 2 N–H and O–H groups in total. The molecule has 5 heteroatoms. The standard InChI is InChI=1S/C13H14N2O3/c1-2-18-11-5-3-4-9(6-11)13-14-8-10(15-13)7-12(16)17/h3-6,8H,2,7H2,1H3,(H,14,15)(H,16,17). The number of imidazole rings is 1. The fraction of sp³-hybridized carbons (Fsp3) is 0.231. The van der Waals surface area contributed by atoms with Gasteiger partial charge in [-0.25, -0.2) is 4.98 Å². The molecule has 5 nitrogen and oxygen atoms in total. The third-order valence-corrected chi connectivity index (χ3v) is 2.39. The minimum absolute atomic E-state index is 0.0574. The van der Waals surface area contributed by atoms with Gasteiger partial charge in [0.25, 0.3) is 0 Å². The summed E-state index contributed by atoms with van der Waals surface area (Å²) in [5.41, 5.74) is 1.46. The first-order chi connectivity index (χ1) is 8.69. The second-order valence-corrected chi connectivity index (χ2v) is 3.79. The number of carboxylic acid groups (broad SMARTS) is 1. The molecule has 0 saturated carbocycles. The number of hydrogen-bond donors (Lipinski definition) is 2. The number of aromatic nitrogens is 2. The zero-order valence-corrected chi connectivity index (χ0v) is 10.0. The third kappa shape index (κ3) is 2.88. The van der Waals surface area contributed by atoms with Crippen molar-refractivity contribution in [3.05, 3.63) is 36.2 Å². The summed E-state index contributed by atoms with van der Waals surface area (Å²) in [4.78, 5) is 17.7. The smallest absolute Gasteiger partial charge is 0.309 e. The van der Waals surface area contributed by atoms with E-state index >= 15 is 0 Å². The molecule has 1 aromatic carbocycles. The van der Waals surface area contributed by atoms with Crippen molar-refractivity contribution in [2.45, 2.75) is 13.3 Å². The zero-order chi connectivity index (χ0) is 13.0. The Labute approximate surface area is 104 Å². The van der Waals surface area contributed by atoms with Gasteiger partial charge in [0, 0.05) is 17.5 Å². The molecule has 0 amide bonds. The normalized spacial score (nSPS) is 10.3. The lowest BCUT2D eigenvalue weighted by Gasteiger charge is -2.04. The average Bonchev–Trinajstić information content (AvgIpc) is 2.77. The SMILES string of the molecule is CCOc1cccc(-c2ncc(CC(=O)O)[nH]2)c1. The summed E-state index contributed by atoms with van der Waals surface area (Å²) < 4.78 is 5.40. The van der Waals surface area contributed by atoms with E-state index in [9.17, 15) is 4.79 Å². The molecule has 0 spiro atoms. The number of nitrogens with one attached hydrogen (secondary N) is 1. The number of aromatic amines is 1. The van der Waals surface area contributed by atoms with Crippen molar-refractivity contribution in [3.63, 3.8) is 0 Å². The summed E-state index contributed by atoms with van der Waals surface area (Å²) >= 11 is 0. The molecule has 0 saturated heterocycles. The lowest BCUT2D eigenvalue weighted by atomic mass is 10.2. The summed E-state index contributed by atoms with van der Waals surface area (Å²) in [6.45, 7) is 2.52. The topological polar surface area (TPSA) is 75.2 Å². The van der Waals surface area contributed by atoms with Gasteiger partial charge in [0.2, 0.25) is 0 Å². The van der Waals surface area contributed by atoms with Crippen molar-refractivity contribution in [2.24, 2.45) is 0 Å². The van der Waals surface area contributed by atoms with Crippen molar-refractivity contribution in [1.29, 1.82) is 0 Å². The minimum atomic E-state index is -0.881. The maximum atomic E-state index is 10.6. The van der Waals surface area contributed by atoms with E-state index in [0.29, 0.717) is 18.1 Å². The van der Waals surface area contributed by atoms with Gasteiger partial charge in [-0.15, -0.1) is 0 Å². The van der Waals surface area contributed by atoms with E-state index in [0.717, 1.165) is 11.3 Å². The molecule has 0 aliphatic carbocycles. The maximum Gasteiger partial charge on any atom is 0.309 e. The quantitative estimate of drug-likeness (QED) is 0.847. The monoisotopic (exact) mass is 246 g/mol. The molecule has 0 aliphatic heterocycles. The van der Waals surface area contributed by atoms with Gasteiger partial charge in [-0.1, -0.05) is 12.1 Å². The van der Waals surface area contributed by atoms with E-state index in [2.05, 4.69) is 9.97 Å². The summed E-state index contributed by atoms with van der Waals surface area (Å²) in [7, 11) is 0. The number of carbonyl (C=O) groups is 1. The summed E-state index contributed by atoms with van der Waals surface area (Å²) in [5, 5.41) is 8.69. The zero-order valence-electron chi connectivity index (χ0n) is 10.0. The van der Waals surface area contributed by atoms with Gasteiger partial charge >= 0.3 is 5.97 Å². The third-order valence-electron chi connectivity index (χ3n) is 2.39. The predicted molar refractivity (Wildman–Crippen MR) is 66.5 cm³/mol. The van der Waals surface area contributed by atoms with Crippen LogP contribution in [0.1, 0.15) is 12.6 Å². The highest BCUT2D eigenvalue weighted by atomic mass is 16.5. The van der Waals surface area contributed by atoms with Gasteiger partial charge in [-0.05, 0) is 19.1 Å². The molecule has 2 aromatic rings. The second-order valence-electron chi connectivity index (χ2n) is 3.79. The minimum Gasteiger partial charge on any atom is -0.494 e. The summed E-state index contributed by atoms with van der Waals surface area (Å²) in [6, 6.07) is 7.51. The maximum absolute atomic E-state index is 10.6. The van der Waals surface area contributed by atoms with Crippen LogP contribution in [0.3, 0.4) is 0 Å². The molecule has 1 aromatic heterocycles. The number of ether oxygens (including phenoxy) is 1. The van der Waals surface area contributed by atoms with Crippen LogP contribution in [0, 0.1) is 0 Å². The van der Waals surface area contributed by atoms with Crippen LogP contribution >= 0.6 is 0 Å². The van der Waals surface area contributed by atoms with Crippen LogP contribution in [0.15, 0.2) is 30.5 Å². The van der Waals surface area contributed by atoms with Crippen molar-refractivity contribution in [3.8, 4) is 17.1 Å². The lowest BCUT2D eigenvalue weighted by molar-refractivity contribution is -0.136. The van der Waals surface area contributed by atoms with Gasteiger partial charge in [-0.2, -0.15) is 0 Å². The first-order valence-electron chi connectivity index (χ1n) is 5.68. The molecular formula is C13H14N2O3. The molecule has 0 bridgehead atoms. The Morgan fingerprint density at radius 1 is 1.50 bits per heavy atom. The van der Waals surface area contributed by atoms with Crippen molar-refractivity contribution in [2.75, 3.05) is 6.61 Å². The van der Waals surface area contributed by atoms with E-state index < -0.39 is 5.97 Å². The van der Waals surface area contributed by atoms with Crippen LogP contribution in [-0.2, 0) is 11.2 Å². The van der Waals surface area contributed by atoms with E-state index in [4.69, 9.17) is 9.84 Å². The molecular weight excluding hydrogens is 232 g/mol. The number of nitrogens with zero attached hydrogens (tertiary/aromatic N) is 1. The summed E-state index contributed by atoms with van der Waals surface area (Å²) in [5.74, 6) is 0.534. The van der Waals surface area contributed by atoms with Gasteiger partial charge in [-0.3, -0.25) is 4.79 Å². The molecule has 2 rings (SSSR count). The molecule has 1 heterocycles. The predicted octanol–water partition coefficient (Wildman–Crippen LogP) is 2.10. The van der Waals surface area contributed by atoms with Crippen molar-refractivity contribution in [1.82, 2.24) is 9.97 Å². The number of rotatable bonds is 5. The highest BCUT2D eigenvalue weighted by Gasteiger charge is 2.07. The number of aliphatic carboxylic acids is 1. The molecule has 0 fully saturated rings. The number of carboxylic acids is 1. The van der Waals surface area contributed by atoms with Gasteiger partial charge < -0.3 is 14.8 Å². The second kappa shape index (κ2) is 5.35. The Morgan fingerprint density at radius 3 is 3.06 bits per heavy atom. The number of benzene rings is 1. The van der Waals surface area contributed by atoms with Crippen LogP contribution < -0.4 is 4.74 Å². The molecule has 0 atom stereocenters.